The van der Waals surface area contributed by atoms with Crippen molar-refractivity contribution in [1.82, 2.24) is 9.88 Å². The van der Waals surface area contributed by atoms with Gasteiger partial charge >= 0.3 is 0 Å². The van der Waals surface area contributed by atoms with Crippen LogP contribution in [-0.2, 0) is 0 Å². The van der Waals surface area contributed by atoms with Gasteiger partial charge in [0.25, 0.3) is 5.91 Å². The topological polar surface area (TPSA) is 45.2 Å². The van der Waals surface area contributed by atoms with E-state index in [9.17, 15) is 4.79 Å². The fourth-order valence-corrected chi connectivity index (χ4v) is 3.28. The lowest BCUT2D eigenvalue weighted by Crippen LogP contribution is -2.41. The molecular weight excluding hydrogens is 246 g/mol. The molecule has 1 amide bonds. The van der Waals surface area contributed by atoms with Crippen LogP contribution in [-0.4, -0.2) is 46.9 Å². The molecule has 5 heteroatoms. The summed E-state index contributed by atoms with van der Waals surface area (Å²) in [5.41, 5.74) is 1.52. The Morgan fingerprint density at radius 2 is 2.50 bits per heavy atom. The summed E-state index contributed by atoms with van der Waals surface area (Å²) in [6.07, 6.45) is 4.48. The lowest BCUT2D eigenvalue weighted by molar-refractivity contribution is 0.0762. The number of amides is 1. The van der Waals surface area contributed by atoms with Crippen LogP contribution in [0.3, 0.4) is 0 Å². The van der Waals surface area contributed by atoms with Crippen LogP contribution >= 0.6 is 11.8 Å². The molecule has 1 atom stereocenters. The van der Waals surface area contributed by atoms with Crippen molar-refractivity contribution in [3.63, 3.8) is 0 Å². The molecule has 0 aromatic carbocycles. The number of hydrogen-bond acceptors (Lipinski definition) is 4. The standard InChI is InChI=1S/C13H19N3OS/c1-3-10-9-16(6-7-18-10)13(17)11-4-5-15-8-12(11)14-2/h4-5,8,10,14H,3,6-7,9H2,1-2H3. The Morgan fingerprint density at radius 1 is 1.67 bits per heavy atom. The quantitative estimate of drug-likeness (QED) is 0.909. The molecule has 0 radical (unpaired) electrons. The summed E-state index contributed by atoms with van der Waals surface area (Å²) in [5, 5.41) is 3.60. The Labute approximate surface area is 112 Å². The number of nitrogens with zero attached hydrogens (tertiary/aromatic N) is 2. The third kappa shape index (κ3) is 2.77. The van der Waals surface area contributed by atoms with Crippen molar-refractivity contribution in [3.8, 4) is 0 Å². The van der Waals surface area contributed by atoms with E-state index in [1.807, 2.05) is 23.7 Å². The first kappa shape index (κ1) is 13.2. The highest BCUT2D eigenvalue weighted by atomic mass is 32.2. The molecule has 0 spiro atoms. The smallest absolute Gasteiger partial charge is 0.256 e. The van der Waals surface area contributed by atoms with Gasteiger partial charge in [0.2, 0.25) is 0 Å². The Balaban J connectivity index is 2.15. The molecule has 2 heterocycles. The van der Waals surface area contributed by atoms with Crippen LogP contribution in [0, 0.1) is 0 Å². The van der Waals surface area contributed by atoms with Crippen LogP contribution < -0.4 is 5.32 Å². The second-order valence-corrected chi connectivity index (χ2v) is 5.73. The minimum Gasteiger partial charge on any atom is -0.386 e. The Hall–Kier alpha value is -1.23. The van der Waals surface area contributed by atoms with Crippen molar-refractivity contribution in [2.45, 2.75) is 18.6 Å². The molecule has 0 aliphatic carbocycles. The predicted octanol–water partition coefficient (Wildman–Crippen LogP) is 2.09. The molecule has 4 nitrogen and oxygen atoms in total. The lowest BCUT2D eigenvalue weighted by atomic mass is 10.2. The first-order valence-electron chi connectivity index (χ1n) is 6.29. The van der Waals surface area contributed by atoms with E-state index in [-0.39, 0.29) is 5.91 Å². The summed E-state index contributed by atoms with van der Waals surface area (Å²) in [7, 11) is 1.81. The SMILES string of the molecule is CCC1CN(C(=O)c2ccncc2NC)CCS1. The van der Waals surface area contributed by atoms with E-state index in [0.717, 1.165) is 31.0 Å². The van der Waals surface area contributed by atoms with Gasteiger partial charge in [-0.05, 0) is 12.5 Å². The normalized spacial score (nSPS) is 19.7. The molecule has 1 unspecified atom stereocenters. The molecule has 98 valence electrons. The highest BCUT2D eigenvalue weighted by molar-refractivity contribution is 8.00. The summed E-state index contributed by atoms with van der Waals surface area (Å²) in [6.45, 7) is 3.87. The Kier molecular flexibility index (Phi) is 4.47. The summed E-state index contributed by atoms with van der Waals surface area (Å²) in [4.78, 5) is 18.5. The third-order valence-electron chi connectivity index (χ3n) is 3.20. The van der Waals surface area contributed by atoms with Gasteiger partial charge in [-0.15, -0.1) is 0 Å². The van der Waals surface area contributed by atoms with Gasteiger partial charge in [0, 0.05) is 37.3 Å². The van der Waals surface area contributed by atoms with E-state index in [0.29, 0.717) is 10.8 Å². The number of thioether (sulfide) groups is 1. The zero-order chi connectivity index (χ0) is 13.0. The zero-order valence-electron chi connectivity index (χ0n) is 10.8. The van der Waals surface area contributed by atoms with Crippen LogP contribution in [0.5, 0.6) is 0 Å². The molecule has 0 saturated carbocycles. The Bertz CT molecular complexity index is 424. The summed E-state index contributed by atoms with van der Waals surface area (Å²) >= 11 is 1.97. The van der Waals surface area contributed by atoms with Gasteiger partial charge in [0.05, 0.1) is 17.4 Å². The predicted molar refractivity (Wildman–Crippen MR) is 76.2 cm³/mol. The van der Waals surface area contributed by atoms with Gasteiger partial charge in [-0.3, -0.25) is 9.78 Å². The van der Waals surface area contributed by atoms with Crippen LogP contribution in [0.25, 0.3) is 0 Å². The molecule has 1 aromatic rings. The van der Waals surface area contributed by atoms with Crippen LogP contribution in [0.1, 0.15) is 23.7 Å². The molecule has 1 aliphatic heterocycles. The van der Waals surface area contributed by atoms with E-state index in [1.54, 1.807) is 18.5 Å². The average molecular weight is 265 g/mol. The van der Waals surface area contributed by atoms with Gasteiger partial charge in [-0.25, -0.2) is 0 Å². The second kappa shape index (κ2) is 6.09. The number of nitrogens with one attached hydrogen (secondary N) is 1. The van der Waals surface area contributed by atoms with E-state index in [4.69, 9.17) is 0 Å². The summed E-state index contributed by atoms with van der Waals surface area (Å²) in [5.74, 6) is 1.14. The van der Waals surface area contributed by atoms with E-state index in [1.165, 1.54) is 0 Å². The minimum absolute atomic E-state index is 0.112. The van der Waals surface area contributed by atoms with Crippen molar-refractivity contribution >= 4 is 23.4 Å². The number of carbonyl (C=O) groups excluding carboxylic acids is 1. The molecule has 2 rings (SSSR count). The van der Waals surface area contributed by atoms with E-state index < -0.39 is 0 Å². The van der Waals surface area contributed by atoms with Gasteiger partial charge in [0.15, 0.2) is 0 Å². The molecule has 1 saturated heterocycles. The van der Waals surface area contributed by atoms with Crippen molar-refractivity contribution in [2.75, 3.05) is 31.2 Å². The fraction of sp³-hybridized carbons (Fsp3) is 0.538. The van der Waals surface area contributed by atoms with Crippen LogP contribution in [0.4, 0.5) is 5.69 Å². The van der Waals surface area contributed by atoms with Crippen LogP contribution in [0.15, 0.2) is 18.5 Å². The Morgan fingerprint density at radius 3 is 3.22 bits per heavy atom. The van der Waals surface area contributed by atoms with Gasteiger partial charge < -0.3 is 10.2 Å². The largest absolute Gasteiger partial charge is 0.386 e. The maximum Gasteiger partial charge on any atom is 0.256 e. The molecule has 1 fully saturated rings. The first-order chi connectivity index (χ1) is 8.76. The molecule has 0 bridgehead atoms. The first-order valence-corrected chi connectivity index (χ1v) is 7.33. The van der Waals surface area contributed by atoms with Crippen molar-refractivity contribution in [3.05, 3.63) is 24.0 Å². The molecular formula is C13H19N3OS. The highest BCUT2D eigenvalue weighted by Gasteiger charge is 2.25. The molecule has 18 heavy (non-hydrogen) atoms. The maximum absolute atomic E-state index is 12.5. The van der Waals surface area contributed by atoms with Crippen molar-refractivity contribution in [1.29, 1.82) is 0 Å². The number of pyridine rings is 1. The highest BCUT2D eigenvalue weighted by Crippen LogP contribution is 2.24. The zero-order valence-corrected chi connectivity index (χ0v) is 11.7. The van der Waals surface area contributed by atoms with E-state index in [2.05, 4.69) is 17.2 Å². The molecule has 1 aliphatic rings. The number of rotatable bonds is 3. The van der Waals surface area contributed by atoms with Gasteiger partial charge in [-0.1, -0.05) is 6.92 Å². The average Bonchev–Trinajstić information content (AvgIpc) is 2.46. The van der Waals surface area contributed by atoms with Crippen molar-refractivity contribution < 1.29 is 4.79 Å². The summed E-state index contributed by atoms with van der Waals surface area (Å²) in [6, 6.07) is 1.79. The number of anilines is 1. The maximum atomic E-state index is 12.5. The number of hydrogen-bond donors (Lipinski definition) is 1. The minimum atomic E-state index is 0.112. The third-order valence-corrected chi connectivity index (χ3v) is 4.57. The van der Waals surface area contributed by atoms with Crippen molar-refractivity contribution in [2.24, 2.45) is 0 Å². The lowest BCUT2D eigenvalue weighted by Gasteiger charge is -2.32. The van der Waals surface area contributed by atoms with Gasteiger partial charge in [0.1, 0.15) is 0 Å². The fourth-order valence-electron chi connectivity index (χ4n) is 2.10. The van der Waals surface area contributed by atoms with Crippen LogP contribution in [0.2, 0.25) is 0 Å². The molecule has 1 aromatic heterocycles. The number of aromatic nitrogens is 1. The summed E-state index contributed by atoms with van der Waals surface area (Å²) < 4.78 is 0. The molecule has 1 N–H and O–H groups in total. The van der Waals surface area contributed by atoms with E-state index >= 15 is 0 Å². The van der Waals surface area contributed by atoms with Gasteiger partial charge in [-0.2, -0.15) is 11.8 Å². The second-order valence-electron chi connectivity index (χ2n) is 4.32. The number of carbonyl (C=O) groups is 1. The monoisotopic (exact) mass is 265 g/mol.